The highest BCUT2D eigenvalue weighted by molar-refractivity contribution is 5.69. The molecule has 0 radical (unpaired) electrons. The van der Waals surface area contributed by atoms with Crippen LogP contribution in [0.4, 0.5) is 11.5 Å². The predicted octanol–water partition coefficient (Wildman–Crippen LogP) is 3.57. The monoisotopic (exact) mass is 481 g/mol. The van der Waals surface area contributed by atoms with Crippen LogP contribution in [0.1, 0.15) is 32.4 Å². The van der Waals surface area contributed by atoms with Crippen LogP contribution in [0.15, 0.2) is 53.2 Å². The fourth-order valence-corrected chi connectivity index (χ4v) is 4.09. The van der Waals surface area contributed by atoms with Gasteiger partial charge in [0, 0.05) is 42.1 Å². The Morgan fingerprint density at radius 3 is 2.47 bits per heavy atom. The molecule has 4 heterocycles. The lowest BCUT2D eigenvalue weighted by atomic mass is 9.90. The van der Waals surface area contributed by atoms with E-state index in [2.05, 4.69) is 48.3 Å². The second-order valence-corrected chi connectivity index (χ2v) is 9.44. The Labute approximate surface area is 209 Å². The van der Waals surface area contributed by atoms with Gasteiger partial charge in [0.2, 0.25) is 5.89 Å². The largest absolute Gasteiger partial charge is 0.414 e. The third-order valence-electron chi connectivity index (χ3n) is 6.42. The quantitative estimate of drug-likeness (QED) is 0.432. The van der Waals surface area contributed by atoms with Crippen LogP contribution < -0.4 is 16.4 Å². The standard InChI is InChI=1S/C26H27N9O/c1-26(2,15-27)21-13-17(7-10-30-21)20-14-31-23(29)22(32-20)25-34-33-24(36-25)16-3-5-19(6-4-16)35-11-8-18(28)9-12-35/h3-7,10,13-14,18H,8-9,11-12,28H2,1-2H3,(H2,29,31). The molecule has 1 fully saturated rings. The molecule has 4 aromatic rings. The van der Waals surface area contributed by atoms with Crippen molar-refractivity contribution in [1.29, 1.82) is 5.26 Å². The van der Waals surface area contributed by atoms with Gasteiger partial charge in [0.05, 0.1) is 29.1 Å². The number of hydrogen-bond donors (Lipinski definition) is 2. The van der Waals surface area contributed by atoms with Crippen molar-refractivity contribution in [3.8, 4) is 40.4 Å². The van der Waals surface area contributed by atoms with Gasteiger partial charge in [0.1, 0.15) is 0 Å². The van der Waals surface area contributed by atoms with E-state index in [-0.39, 0.29) is 17.8 Å². The van der Waals surface area contributed by atoms with E-state index in [1.807, 2.05) is 32.0 Å². The molecule has 36 heavy (non-hydrogen) atoms. The number of benzene rings is 1. The fraction of sp³-hybridized carbons (Fsp3) is 0.308. The van der Waals surface area contributed by atoms with Crippen molar-refractivity contribution in [1.82, 2.24) is 25.1 Å². The number of anilines is 2. The average Bonchev–Trinajstić information content (AvgIpc) is 3.40. The molecule has 1 aliphatic rings. The molecule has 0 spiro atoms. The van der Waals surface area contributed by atoms with E-state index < -0.39 is 5.41 Å². The first-order valence-corrected chi connectivity index (χ1v) is 11.8. The summed E-state index contributed by atoms with van der Waals surface area (Å²) in [6, 6.07) is 14.2. The van der Waals surface area contributed by atoms with Crippen molar-refractivity contribution in [2.24, 2.45) is 5.73 Å². The normalized spacial score (nSPS) is 14.6. The van der Waals surface area contributed by atoms with Crippen LogP contribution in [0, 0.1) is 11.3 Å². The molecule has 0 aliphatic carbocycles. The highest BCUT2D eigenvalue weighted by Gasteiger charge is 2.23. The summed E-state index contributed by atoms with van der Waals surface area (Å²) in [5, 5.41) is 17.8. The van der Waals surface area contributed by atoms with Crippen molar-refractivity contribution in [2.75, 3.05) is 23.7 Å². The van der Waals surface area contributed by atoms with Crippen LogP contribution >= 0.6 is 0 Å². The number of rotatable bonds is 5. The first-order valence-electron chi connectivity index (χ1n) is 11.8. The number of pyridine rings is 1. The molecule has 1 saturated heterocycles. The van der Waals surface area contributed by atoms with Gasteiger partial charge in [0.15, 0.2) is 11.5 Å². The van der Waals surface area contributed by atoms with E-state index in [1.165, 1.54) is 0 Å². The molecule has 182 valence electrons. The predicted molar refractivity (Wildman–Crippen MR) is 136 cm³/mol. The molecule has 4 N–H and O–H groups in total. The number of nitrogens with zero attached hydrogens (tertiary/aromatic N) is 7. The van der Waals surface area contributed by atoms with Crippen LogP contribution in [-0.4, -0.2) is 44.3 Å². The van der Waals surface area contributed by atoms with Gasteiger partial charge in [-0.3, -0.25) is 4.98 Å². The number of nitrogens with two attached hydrogens (primary N) is 2. The lowest BCUT2D eigenvalue weighted by molar-refractivity contribution is 0.501. The summed E-state index contributed by atoms with van der Waals surface area (Å²) >= 11 is 0. The van der Waals surface area contributed by atoms with E-state index in [1.54, 1.807) is 18.5 Å². The molecule has 10 nitrogen and oxygen atoms in total. The molecular formula is C26H27N9O. The van der Waals surface area contributed by atoms with Gasteiger partial charge in [-0.05, 0) is 63.1 Å². The molecule has 10 heteroatoms. The smallest absolute Gasteiger partial charge is 0.270 e. The first-order chi connectivity index (χ1) is 17.3. The van der Waals surface area contributed by atoms with Crippen LogP contribution in [0.2, 0.25) is 0 Å². The van der Waals surface area contributed by atoms with Crippen LogP contribution in [0.25, 0.3) is 34.3 Å². The SMILES string of the molecule is CC(C)(C#N)c1cc(-c2cnc(N)c(-c3nnc(-c4ccc(N5CCC(N)CC5)cc4)o3)n2)ccn1. The Hall–Kier alpha value is -4.36. The maximum absolute atomic E-state index is 9.46. The van der Waals surface area contributed by atoms with E-state index in [0.29, 0.717) is 23.0 Å². The second kappa shape index (κ2) is 9.36. The zero-order valence-electron chi connectivity index (χ0n) is 20.2. The van der Waals surface area contributed by atoms with Gasteiger partial charge in [-0.2, -0.15) is 5.26 Å². The minimum atomic E-state index is -0.738. The Bertz CT molecular complexity index is 1410. The van der Waals surface area contributed by atoms with Crippen molar-refractivity contribution in [2.45, 2.75) is 38.1 Å². The maximum Gasteiger partial charge on any atom is 0.270 e. The Morgan fingerprint density at radius 2 is 1.75 bits per heavy atom. The van der Waals surface area contributed by atoms with Gasteiger partial charge in [-0.1, -0.05) is 0 Å². The van der Waals surface area contributed by atoms with Gasteiger partial charge in [0.25, 0.3) is 5.89 Å². The molecule has 0 bridgehead atoms. The van der Waals surface area contributed by atoms with Crippen molar-refractivity contribution < 1.29 is 4.42 Å². The summed E-state index contributed by atoms with van der Waals surface area (Å²) in [6.07, 6.45) is 5.20. The summed E-state index contributed by atoms with van der Waals surface area (Å²) in [5.74, 6) is 0.725. The minimum absolute atomic E-state index is 0.178. The summed E-state index contributed by atoms with van der Waals surface area (Å²) < 4.78 is 5.93. The second-order valence-electron chi connectivity index (χ2n) is 9.44. The Balaban J connectivity index is 1.40. The van der Waals surface area contributed by atoms with E-state index in [0.717, 1.165) is 42.7 Å². The summed E-state index contributed by atoms with van der Waals surface area (Å²) in [5.41, 5.74) is 15.6. The highest BCUT2D eigenvalue weighted by atomic mass is 16.4. The van der Waals surface area contributed by atoms with E-state index >= 15 is 0 Å². The average molecular weight is 482 g/mol. The van der Waals surface area contributed by atoms with Crippen LogP contribution in [0.5, 0.6) is 0 Å². The molecule has 1 aromatic carbocycles. The van der Waals surface area contributed by atoms with E-state index in [4.69, 9.17) is 15.9 Å². The summed E-state index contributed by atoms with van der Waals surface area (Å²) in [6.45, 7) is 5.53. The number of nitrogen functional groups attached to an aromatic ring is 1. The van der Waals surface area contributed by atoms with Gasteiger partial charge in [-0.15, -0.1) is 10.2 Å². The molecular weight excluding hydrogens is 454 g/mol. The molecule has 0 amide bonds. The van der Waals surface area contributed by atoms with Crippen LogP contribution in [0.3, 0.4) is 0 Å². The molecule has 0 saturated carbocycles. The third kappa shape index (κ3) is 4.61. The van der Waals surface area contributed by atoms with Crippen LogP contribution in [-0.2, 0) is 5.41 Å². The maximum atomic E-state index is 9.46. The lowest BCUT2D eigenvalue weighted by Gasteiger charge is -2.32. The van der Waals surface area contributed by atoms with E-state index in [9.17, 15) is 5.26 Å². The number of aromatic nitrogens is 5. The topological polar surface area (TPSA) is 157 Å². The fourth-order valence-electron chi connectivity index (χ4n) is 4.09. The number of hydrogen-bond acceptors (Lipinski definition) is 10. The van der Waals surface area contributed by atoms with Gasteiger partial charge >= 0.3 is 0 Å². The zero-order chi connectivity index (χ0) is 25.3. The van der Waals surface area contributed by atoms with Gasteiger partial charge < -0.3 is 20.8 Å². The molecule has 1 aliphatic heterocycles. The molecule has 3 aromatic heterocycles. The lowest BCUT2D eigenvalue weighted by Crippen LogP contribution is -2.39. The Kier molecular flexibility index (Phi) is 6.08. The third-order valence-corrected chi connectivity index (χ3v) is 6.42. The summed E-state index contributed by atoms with van der Waals surface area (Å²) in [7, 11) is 0. The molecule has 0 unspecified atom stereocenters. The molecule has 0 atom stereocenters. The highest BCUT2D eigenvalue weighted by Crippen LogP contribution is 2.30. The van der Waals surface area contributed by atoms with Crippen molar-refractivity contribution in [3.63, 3.8) is 0 Å². The van der Waals surface area contributed by atoms with Crippen molar-refractivity contribution >= 4 is 11.5 Å². The summed E-state index contributed by atoms with van der Waals surface area (Å²) in [4.78, 5) is 15.6. The Morgan fingerprint density at radius 1 is 1.03 bits per heavy atom. The van der Waals surface area contributed by atoms with Crippen molar-refractivity contribution in [3.05, 3.63) is 54.5 Å². The number of nitriles is 1. The number of piperidine rings is 1. The molecule has 5 rings (SSSR count). The zero-order valence-corrected chi connectivity index (χ0v) is 20.2. The van der Waals surface area contributed by atoms with Gasteiger partial charge in [-0.25, -0.2) is 9.97 Å². The first kappa shape index (κ1) is 23.4. The minimum Gasteiger partial charge on any atom is -0.414 e.